The second-order valence-corrected chi connectivity index (χ2v) is 7.06. The summed E-state index contributed by atoms with van der Waals surface area (Å²) in [6, 6.07) is 2.98. The third kappa shape index (κ3) is 3.67. The minimum Gasteiger partial charge on any atom is -0.384 e. The van der Waals surface area contributed by atoms with E-state index >= 15 is 0 Å². The van der Waals surface area contributed by atoms with Gasteiger partial charge in [0.05, 0.1) is 0 Å². The molecule has 106 valence electrons. The molecule has 0 spiro atoms. The van der Waals surface area contributed by atoms with Crippen molar-refractivity contribution in [3.8, 4) is 0 Å². The maximum atomic E-state index is 12.1. The van der Waals surface area contributed by atoms with E-state index in [0.717, 1.165) is 6.42 Å². The van der Waals surface area contributed by atoms with Gasteiger partial charge >= 0.3 is 0 Å². The topological polar surface area (TPSA) is 85.1 Å². The Kier molecular flexibility index (Phi) is 4.42. The van der Waals surface area contributed by atoms with Crippen molar-refractivity contribution in [3.05, 3.63) is 18.3 Å². The summed E-state index contributed by atoms with van der Waals surface area (Å²) in [5.74, 6) is 1.34. The van der Waals surface area contributed by atoms with Crippen LogP contribution in [-0.4, -0.2) is 19.9 Å². The molecule has 0 aliphatic heterocycles. The van der Waals surface area contributed by atoms with Gasteiger partial charge in [-0.25, -0.2) is 18.1 Å². The number of nitrogens with zero attached hydrogens (tertiary/aromatic N) is 1. The SMILES string of the molecule is CC1CCCCC1CNS(=O)(=O)c1ccc(N)nc1. The molecule has 1 aromatic heterocycles. The quantitative estimate of drug-likeness (QED) is 0.882. The summed E-state index contributed by atoms with van der Waals surface area (Å²) in [7, 11) is -3.47. The number of hydrogen-bond acceptors (Lipinski definition) is 4. The molecule has 1 aliphatic carbocycles. The Labute approximate surface area is 114 Å². The predicted molar refractivity (Wildman–Crippen MR) is 75.0 cm³/mol. The molecule has 0 aromatic carbocycles. The number of sulfonamides is 1. The standard InChI is InChI=1S/C13H21N3O2S/c1-10-4-2-3-5-11(10)8-16-19(17,18)12-6-7-13(14)15-9-12/h6-7,9-11,16H,2-5,8H2,1H3,(H2,14,15). The molecule has 6 heteroatoms. The molecule has 0 bridgehead atoms. The molecule has 5 nitrogen and oxygen atoms in total. The number of hydrogen-bond donors (Lipinski definition) is 2. The third-order valence-corrected chi connectivity index (χ3v) is 5.30. The summed E-state index contributed by atoms with van der Waals surface area (Å²) < 4.78 is 26.9. The molecule has 1 aromatic rings. The van der Waals surface area contributed by atoms with Crippen LogP contribution in [0.5, 0.6) is 0 Å². The molecule has 3 N–H and O–H groups in total. The van der Waals surface area contributed by atoms with E-state index in [9.17, 15) is 8.42 Å². The van der Waals surface area contributed by atoms with Gasteiger partial charge in [0.2, 0.25) is 10.0 Å². The van der Waals surface area contributed by atoms with Gasteiger partial charge < -0.3 is 5.73 Å². The van der Waals surface area contributed by atoms with Gasteiger partial charge in [0.15, 0.2) is 0 Å². The van der Waals surface area contributed by atoms with Crippen molar-refractivity contribution >= 4 is 15.8 Å². The van der Waals surface area contributed by atoms with Crippen LogP contribution in [0, 0.1) is 11.8 Å². The van der Waals surface area contributed by atoms with E-state index in [0.29, 0.717) is 24.2 Å². The first-order valence-corrected chi connectivity index (χ1v) is 8.18. The summed E-state index contributed by atoms with van der Waals surface area (Å²) in [5.41, 5.74) is 5.45. The number of anilines is 1. The van der Waals surface area contributed by atoms with Gasteiger partial charge in [0, 0.05) is 12.7 Å². The van der Waals surface area contributed by atoms with Crippen LogP contribution >= 0.6 is 0 Å². The van der Waals surface area contributed by atoms with Gasteiger partial charge in [-0.1, -0.05) is 26.2 Å². The van der Waals surface area contributed by atoms with Gasteiger partial charge in [-0.3, -0.25) is 0 Å². The maximum Gasteiger partial charge on any atom is 0.242 e. The van der Waals surface area contributed by atoms with Crippen molar-refractivity contribution in [3.63, 3.8) is 0 Å². The van der Waals surface area contributed by atoms with Gasteiger partial charge in [0.1, 0.15) is 10.7 Å². The van der Waals surface area contributed by atoms with Crippen LogP contribution in [0.1, 0.15) is 32.6 Å². The van der Waals surface area contributed by atoms with Crippen LogP contribution in [0.15, 0.2) is 23.2 Å². The largest absolute Gasteiger partial charge is 0.384 e. The van der Waals surface area contributed by atoms with Crippen molar-refractivity contribution in [2.45, 2.75) is 37.5 Å². The molecule has 2 rings (SSSR count). The Balaban J connectivity index is 1.99. The van der Waals surface area contributed by atoms with Crippen LogP contribution in [0.25, 0.3) is 0 Å². The fourth-order valence-electron chi connectivity index (χ4n) is 2.55. The average Bonchev–Trinajstić information content (AvgIpc) is 2.38. The van der Waals surface area contributed by atoms with Crippen molar-refractivity contribution in [2.75, 3.05) is 12.3 Å². The smallest absolute Gasteiger partial charge is 0.242 e. The molecule has 2 atom stereocenters. The molecule has 1 fully saturated rings. The highest BCUT2D eigenvalue weighted by Gasteiger charge is 2.23. The fraction of sp³-hybridized carbons (Fsp3) is 0.615. The molecule has 2 unspecified atom stereocenters. The van der Waals surface area contributed by atoms with E-state index in [1.54, 1.807) is 0 Å². The zero-order valence-electron chi connectivity index (χ0n) is 11.2. The molecule has 1 heterocycles. The van der Waals surface area contributed by atoms with Crippen LogP contribution in [0.2, 0.25) is 0 Å². The Morgan fingerprint density at radius 3 is 2.74 bits per heavy atom. The molecular weight excluding hydrogens is 262 g/mol. The average molecular weight is 283 g/mol. The number of nitrogens with one attached hydrogen (secondary N) is 1. The van der Waals surface area contributed by atoms with Gasteiger partial charge in [0.25, 0.3) is 0 Å². The summed E-state index contributed by atoms with van der Waals surface area (Å²) in [4.78, 5) is 3.99. The minimum atomic E-state index is -3.47. The van der Waals surface area contributed by atoms with Crippen LogP contribution < -0.4 is 10.5 Å². The van der Waals surface area contributed by atoms with Crippen molar-refractivity contribution in [1.29, 1.82) is 0 Å². The lowest BCUT2D eigenvalue weighted by atomic mass is 9.81. The highest BCUT2D eigenvalue weighted by atomic mass is 32.2. The van der Waals surface area contributed by atoms with Crippen molar-refractivity contribution < 1.29 is 8.42 Å². The highest BCUT2D eigenvalue weighted by molar-refractivity contribution is 7.89. The van der Waals surface area contributed by atoms with Crippen molar-refractivity contribution in [1.82, 2.24) is 9.71 Å². The summed E-state index contributed by atoms with van der Waals surface area (Å²) in [6.45, 7) is 2.71. The van der Waals surface area contributed by atoms with E-state index in [-0.39, 0.29) is 4.90 Å². The van der Waals surface area contributed by atoms with E-state index in [1.165, 1.54) is 37.6 Å². The lowest BCUT2D eigenvalue weighted by Gasteiger charge is -2.28. The maximum absolute atomic E-state index is 12.1. The van der Waals surface area contributed by atoms with Crippen LogP contribution in [0.4, 0.5) is 5.82 Å². The first-order valence-electron chi connectivity index (χ1n) is 6.70. The molecule has 1 aliphatic rings. The zero-order chi connectivity index (χ0) is 13.9. The van der Waals surface area contributed by atoms with Crippen LogP contribution in [0.3, 0.4) is 0 Å². The first-order chi connectivity index (χ1) is 8.99. The number of rotatable bonds is 4. The fourth-order valence-corrected chi connectivity index (χ4v) is 3.59. The summed E-state index contributed by atoms with van der Waals surface area (Å²) in [6.07, 6.45) is 6.04. The number of nitrogen functional groups attached to an aromatic ring is 1. The molecule has 0 amide bonds. The van der Waals surface area contributed by atoms with Gasteiger partial charge in [-0.05, 0) is 30.4 Å². The molecule has 1 saturated carbocycles. The van der Waals surface area contributed by atoms with Crippen molar-refractivity contribution in [2.24, 2.45) is 11.8 Å². The lowest BCUT2D eigenvalue weighted by molar-refractivity contribution is 0.257. The Hall–Kier alpha value is -1.14. The van der Waals surface area contributed by atoms with E-state index in [4.69, 9.17) is 5.73 Å². The zero-order valence-corrected chi connectivity index (χ0v) is 12.0. The van der Waals surface area contributed by atoms with E-state index in [1.807, 2.05) is 0 Å². The minimum absolute atomic E-state index is 0.171. The Morgan fingerprint density at radius 2 is 2.11 bits per heavy atom. The second kappa shape index (κ2) is 5.88. The van der Waals surface area contributed by atoms with E-state index < -0.39 is 10.0 Å². The second-order valence-electron chi connectivity index (χ2n) is 5.29. The monoisotopic (exact) mass is 283 g/mol. The third-order valence-electron chi connectivity index (χ3n) is 3.89. The summed E-state index contributed by atoms with van der Waals surface area (Å²) >= 11 is 0. The molecule has 19 heavy (non-hydrogen) atoms. The molecule has 0 saturated heterocycles. The number of nitrogens with two attached hydrogens (primary N) is 1. The Bertz CT molecular complexity index is 513. The predicted octanol–water partition coefficient (Wildman–Crippen LogP) is 1.77. The summed E-state index contributed by atoms with van der Waals surface area (Å²) in [5, 5.41) is 0. The normalized spacial score (nSPS) is 24.3. The number of aromatic nitrogens is 1. The first kappa shape index (κ1) is 14.3. The van der Waals surface area contributed by atoms with E-state index in [2.05, 4.69) is 16.6 Å². The van der Waals surface area contributed by atoms with Gasteiger partial charge in [-0.15, -0.1) is 0 Å². The molecule has 0 radical (unpaired) electrons. The van der Waals surface area contributed by atoms with Crippen LogP contribution in [-0.2, 0) is 10.0 Å². The lowest BCUT2D eigenvalue weighted by Crippen LogP contribution is -2.33. The molecular formula is C13H21N3O2S. The van der Waals surface area contributed by atoms with Gasteiger partial charge in [-0.2, -0.15) is 0 Å². The Morgan fingerprint density at radius 1 is 1.37 bits per heavy atom. The highest BCUT2D eigenvalue weighted by Crippen LogP contribution is 2.29. The number of pyridine rings is 1.